The molecule has 3 N–H and O–H groups in total. The molecule has 1 saturated heterocycles. The van der Waals surface area contributed by atoms with Gasteiger partial charge in [-0.15, -0.1) is 0 Å². The summed E-state index contributed by atoms with van der Waals surface area (Å²) in [7, 11) is 0. The van der Waals surface area contributed by atoms with E-state index in [0.717, 1.165) is 12.1 Å². The Hall–Kier alpha value is -1.04. The van der Waals surface area contributed by atoms with E-state index in [0.29, 0.717) is 0 Å². The first kappa shape index (κ1) is 8.55. The summed E-state index contributed by atoms with van der Waals surface area (Å²) >= 11 is 0. The third-order valence-electron chi connectivity index (χ3n) is 2.16. The van der Waals surface area contributed by atoms with E-state index in [1.165, 1.54) is 6.33 Å². The number of hydrazine groups is 1. The highest BCUT2D eigenvalue weighted by atomic mass is 16.3. The number of nitrogens with one attached hydrogen (secondary N) is 2. The Morgan fingerprint density at radius 3 is 3.08 bits per heavy atom. The first-order chi connectivity index (χ1) is 6.40. The Morgan fingerprint density at radius 1 is 1.54 bits per heavy atom. The zero-order valence-electron chi connectivity index (χ0n) is 7.14. The van der Waals surface area contributed by atoms with Crippen molar-refractivity contribution in [1.82, 2.24) is 20.8 Å². The molecule has 1 aromatic rings. The number of nitrogens with zero attached hydrogens (tertiary/aromatic N) is 2. The number of hydrogen-bond acceptors (Lipinski definition) is 5. The first-order valence-corrected chi connectivity index (χ1v) is 4.28. The number of hydrogen-bond donors (Lipinski definition) is 3. The van der Waals surface area contributed by atoms with Crippen LogP contribution in [0.5, 0.6) is 0 Å². The van der Waals surface area contributed by atoms with Crippen LogP contribution in [0.1, 0.15) is 18.2 Å². The lowest BCUT2D eigenvalue weighted by molar-refractivity contribution is 0.251. The van der Waals surface area contributed by atoms with Crippen molar-refractivity contribution >= 4 is 0 Å². The minimum Gasteiger partial charge on any atom is -0.395 e. The second-order valence-electron chi connectivity index (χ2n) is 3.09. The van der Waals surface area contributed by atoms with Gasteiger partial charge in [-0.05, 0) is 12.5 Å². The van der Waals surface area contributed by atoms with Gasteiger partial charge < -0.3 is 5.11 Å². The molecule has 0 radical (unpaired) electrons. The normalized spacial score (nSPS) is 27.8. The van der Waals surface area contributed by atoms with Crippen LogP contribution in [0.4, 0.5) is 0 Å². The van der Waals surface area contributed by atoms with Gasteiger partial charge in [-0.1, -0.05) is 0 Å². The van der Waals surface area contributed by atoms with E-state index in [1.54, 1.807) is 6.20 Å². The summed E-state index contributed by atoms with van der Waals surface area (Å²) in [5, 5.41) is 8.90. The molecular weight excluding hydrogens is 168 g/mol. The third-order valence-corrected chi connectivity index (χ3v) is 2.16. The summed E-state index contributed by atoms with van der Waals surface area (Å²) in [4.78, 5) is 7.98. The molecule has 2 heterocycles. The van der Waals surface area contributed by atoms with Gasteiger partial charge in [0.15, 0.2) is 0 Å². The SMILES string of the molecule is OCC1CC(c2ccncn2)NN1. The zero-order chi connectivity index (χ0) is 9.10. The van der Waals surface area contributed by atoms with Gasteiger partial charge in [-0.2, -0.15) is 0 Å². The van der Waals surface area contributed by atoms with Crippen LogP contribution in [0.15, 0.2) is 18.6 Å². The Morgan fingerprint density at radius 2 is 2.46 bits per heavy atom. The standard InChI is InChI=1S/C8H12N4O/c13-4-6-3-8(12-11-6)7-1-2-9-5-10-7/h1-2,5-6,8,11-13H,3-4H2. The molecule has 2 rings (SSSR count). The van der Waals surface area contributed by atoms with Crippen LogP contribution in [0, 0.1) is 0 Å². The fourth-order valence-corrected chi connectivity index (χ4v) is 1.44. The van der Waals surface area contributed by atoms with Gasteiger partial charge in [-0.3, -0.25) is 5.43 Å². The van der Waals surface area contributed by atoms with Crippen molar-refractivity contribution in [3.63, 3.8) is 0 Å². The van der Waals surface area contributed by atoms with Gasteiger partial charge in [-0.25, -0.2) is 15.4 Å². The van der Waals surface area contributed by atoms with Crippen molar-refractivity contribution in [3.8, 4) is 0 Å². The molecule has 0 aromatic carbocycles. The first-order valence-electron chi connectivity index (χ1n) is 4.28. The lowest BCUT2D eigenvalue weighted by Gasteiger charge is -2.06. The van der Waals surface area contributed by atoms with E-state index >= 15 is 0 Å². The van der Waals surface area contributed by atoms with E-state index in [4.69, 9.17) is 5.11 Å². The monoisotopic (exact) mass is 180 g/mol. The van der Waals surface area contributed by atoms with Crippen LogP contribution < -0.4 is 10.9 Å². The fraction of sp³-hybridized carbons (Fsp3) is 0.500. The lowest BCUT2D eigenvalue weighted by atomic mass is 10.1. The van der Waals surface area contributed by atoms with Gasteiger partial charge in [0.2, 0.25) is 0 Å². The maximum absolute atomic E-state index is 8.90. The zero-order valence-corrected chi connectivity index (χ0v) is 7.14. The summed E-state index contributed by atoms with van der Waals surface area (Å²) in [6.07, 6.45) is 4.10. The Bertz CT molecular complexity index is 266. The highest BCUT2D eigenvalue weighted by molar-refractivity contribution is 5.06. The molecule has 0 spiro atoms. The largest absolute Gasteiger partial charge is 0.395 e. The molecule has 0 bridgehead atoms. The summed E-state index contributed by atoms with van der Waals surface area (Å²) in [6.45, 7) is 0.147. The van der Waals surface area contributed by atoms with Crippen LogP contribution in [0.3, 0.4) is 0 Å². The van der Waals surface area contributed by atoms with E-state index in [1.807, 2.05) is 6.07 Å². The highest BCUT2D eigenvalue weighted by Gasteiger charge is 2.24. The highest BCUT2D eigenvalue weighted by Crippen LogP contribution is 2.18. The molecule has 1 aliphatic rings. The van der Waals surface area contributed by atoms with Gasteiger partial charge >= 0.3 is 0 Å². The molecule has 13 heavy (non-hydrogen) atoms. The quantitative estimate of drug-likeness (QED) is 0.565. The van der Waals surface area contributed by atoms with Crippen LogP contribution in [0.2, 0.25) is 0 Å². The molecule has 0 saturated carbocycles. The van der Waals surface area contributed by atoms with E-state index in [9.17, 15) is 0 Å². The van der Waals surface area contributed by atoms with Gasteiger partial charge in [0, 0.05) is 12.2 Å². The van der Waals surface area contributed by atoms with E-state index in [-0.39, 0.29) is 18.7 Å². The average Bonchev–Trinajstić information content (AvgIpc) is 2.67. The minimum absolute atomic E-state index is 0.125. The minimum atomic E-state index is 0.125. The van der Waals surface area contributed by atoms with Crippen LogP contribution in [-0.2, 0) is 0 Å². The van der Waals surface area contributed by atoms with Crippen LogP contribution >= 0.6 is 0 Å². The van der Waals surface area contributed by atoms with Gasteiger partial charge in [0.1, 0.15) is 6.33 Å². The van der Waals surface area contributed by atoms with Gasteiger partial charge in [0.05, 0.1) is 18.3 Å². The topological polar surface area (TPSA) is 70.1 Å². The molecule has 1 aromatic heterocycles. The van der Waals surface area contributed by atoms with E-state index < -0.39 is 0 Å². The second kappa shape index (κ2) is 3.78. The third kappa shape index (κ3) is 1.82. The fourth-order valence-electron chi connectivity index (χ4n) is 1.44. The Labute approximate surface area is 76.2 Å². The van der Waals surface area contributed by atoms with Gasteiger partial charge in [0.25, 0.3) is 0 Å². The van der Waals surface area contributed by atoms with Crippen molar-refractivity contribution in [2.24, 2.45) is 0 Å². The maximum Gasteiger partial charge on any atom is 0.115 e. The summed E-state index contributed by atoms with van der Waals surface area (Å²) < 4.78 is 0. The predicted octanol–water partition coefficient (Wildman–Crippen LogP) is -0.623. The number of aliphatic hydroxyl groups excluding tert-OH is 1. The smallest absolute Gasteiger partial charge is 0.115 e. The van der Waals surface area contributed by atoms with Crippen molar-refractivity contribution in [2.75, 3.05) is 6.61 Å². The Balaban J connectivity index is 2.04. The molecule has 2 unspecified atom stereocenters. The van der Waals surface area contributed by atoms with Crippen molar-refractivity contribution < 1.29 is 5.11 Å². The van der Waals surface area contributed by atoms with Crippen molar-refractivity contribution in [2.45, 2.75) is 18.5 Å². The molecule has 0 amide bonds. The van der Waals surface area contributed by atoms with Crippen molar-refractivity contribution in [3.05, 3.63) is 24.3 Å². The Kier molecular flexibility index (Phi) is 2.49. The lowest BCUT2D eigenvalue weighted by Crippen LogP contribution is -2.32. The van der Waals surface area contributed by atoms with Crippen LogP contribution in [0.25, 0.3) is 0 Å². The predicted molar refractivity (Wildman–Crippen MR) is 46.5 cm³/mol. The molecule has 1 aliphatic heterocycles. The van der Waals surface area contributed by atoms with Crippen molar-refractivity contribution in [1.29, 1.82) is 0 Å². The molecule has 5 heteroatoms. The number of aromatic nitrogens is 2. The summed E-state index contributed by atoms with van der Waals surface area (Å²) in [5.74, 6) is 0. The summed E-state index contributed by atoms with van der Waals surface area (Å²) in [5.41, 5.74) is 7.02. The average molecular weight is 180 g/mol. The maximum atomic E-state index is 8.90. The summed E-state index contributed by atoms with van der Waals surface area (Å²) in [6, 6.07) is 2.18. The molecule has 1 fully saturated rings. The molecule has 2 atom stereocenters. The molecular formula is C8H12N4O. The molecule has 0 aliphatic carbocycles. The molecule has 5 nitrogen and oxygen atoms in total. The molecule has 70 valence electrons. The number of aliphatic hydroxyl groups is 1. The van der Waals surface area contributed by atoms with E-state index in [2.05, 4.69) is 20.8 Å². The number of rotatable bonds is 2. The second-order valence-corrected chi connectivity index (χ2v) is 3.09. The van der Waals surface area contributed by atoms with Crippen LogP contribution in [-0.4, -0.2) is 27.7 Å².